The Morgan fingerprint density at radius 2 is 1.94 bits per heavy atom. The maximum absolute atomic E-state index is 13.1. The van der Waals surface area contributed by atoms with Crippen LogP contribution in [0.2, 0.25) is 5.02 Å². The molecule has 18 heavy (non-hydrogen) atoms. The van der Waals surface area contributed by atoms with E-state index in [1.807, 2.05) is 13.0 Å². The molecule has 0 aromatic heterocycles. The van der Waals surface area contributed by atoms with Crippen molar-refractivity contribution in [2.24, 2.45) is 0 Å². The molecule has 1 atom stereocenters. The smallest absolute Gasteiger partial charge is 0.123 e. The lowest BCUT2D eigenvalue weighted by molar-refractivity contribution is 0.623. The molecule has 0 aliphatic carbocycles. The van der Waals surface area contributed by atoms with Crippen LogP contribution in [-0.2, 0) is 0 Å². The summed E-state index contributed by atoms with van der Waals surface area (Å²) in [4.78, 5) is 0. The minimum Gasteiger partial charge on any atom is -0.397 e. The summed E-state index contributed by atoms with van der Waals surface area (Å²) in [6, 6.07) is 11.7. The quantitative estimate of drug-likeness (QED) is 0.814. The second-order valence-electron chi connectivity index (χ2n) is 4.13. The molecule has 0 fully saturated rings. The summed E-state index contributed by atoms with van der Waals surface area (Å²) in [5.74, 6) is -0.256. The second-order valence-corrected chi connectivity index (χ2v) is 4.53. The van der Waals surface area contributed by atoms with Crippen molar-refractivity contribution >= 4 is 23.0 Å². The average Bonchev–Trinajstić information content (AvgIpc) is 2.34. The largest absolute Gasteiger partial charge is 0.397 e. The van der Waals surface area contributed by atoms with Crippen LogP contribution < -0.4 is 11.1 Å². The molecule has 0 saturated carbocycles. The molecular weight excluding hydrogens is 251 g/mol. The van der Waals surface area contributed by atoms with E-state index in [1.165, 1.54) is 12.1 Å². The van der Waals surface area contributed by atoms with Crippen molar-refractivity contribution in [2.75, 3.05) is 11.1 Å². The molecule has 4 heteroatoms. The predicted octanol–water partition coefficient (Wildman–Crippen LogP) is 4.23. The van der Waals surface area contributed by atoms with Crippen LogP contribution in [0.1, 0.15) is 18.5 Å². The van der Waals surface area contributed by atoms with E-state index in [9.17, 15) is 4.39 Å². The highest BCUT2D eigenvalue weighted by Crippen LogP contribution is 2.31. The molecule has 0 saturated heterocycles. The van der Waals surface area contributed by atoms with Crippen molar-refractivity contribution in [3.63, 3.8) is 0 Å². The molecule has 0 radical (unpaired) electrons. The van der Waals surface area contributed by atoms with Gasteiger partial charge in [0.2, 0.25) is 0 Å². The van der Waals surface area contributed by atoms with Gasteiger partial charge < -0.3 is 11.1 Å². The molecule has 2 aromatic rings. The number of nitrogen functional groups attached to an aromatic ring is 1. The molecule has 0 spiro atoms. The van der Waals surface area contributed by atoms with Crippen molar-refractivity contribution < 1.29 is 4.39 Å². The van der Waals surface area contributed by atoms with Gasteiger partial charge in [0.1, 0.15) is 5.82 Å². The first-order valence-corrected chi connectivity index (χ1v) is 6.01. The molecule has 1 unspecified atom stereocenters. The number of hydrogen-bond acceptors (Lipinski definition) is 2. The van der Waals surface area contributed by atoms with Crippen LogP contribution in [0, 0.1) is 5.82 Å². The van der Waals surface area contributed by atoms with Gasteiger partial charge in [-0.25, -0.2) is 4.39 Å². The first kappa shape index (κ1) is 12.7. The molecule has 2 aromatic carbocycles. The van der Waals surface area contributed by atoms with E-state index in [0.717, 1.165) is 5.56 Å². The third-order valence-electron chi connectivity index (χ3n) is 2.76. The zero-order valence-corrected chi connectivity index (χ0v) is 10.7. The zero-order chi connectivity index (χ0) is 13.1. The van der Waals surface area contributed by atoms with Gasteiger partial charge in [-0.2, -0.15) is 0 Å². The number of hydrogen-bond donors (Lipinski definition) is 2. The molecule has 3 N–H and O–H groups in total. The fourth-order valence-corrected chi connectivity index (χ4v) is 2.01. The van der Waals surface area contributed by atoms with E-state index in [4.69, 9.17) is 17.3 Å². The molecular formula is C14H14ClFN2. The van der Waals surface area contributed by atoms with Crippen LogP contribution in [0.5, 0.6) is 0 Å². The van der Waals surface area contributed by atoms with Gasteiger partial charge in [-0.15, -0.1) is 0 Å². The number of nitrogens with one attached hydrogen (secondary N) is 1. The molecule has 2 rings (SSSR count). The van der Waals surface area contributed by atoms with Gasteiger partial charge >= 0.3 is 0 Å². The standard InChI is InChI=1S/C14H14ClFN2/c1-9(10-4-2-5-11(16)8-10)18-14-12(15)6-3-7-13(14)17/h2-9,18H,17H2,1H3. The van der Waals surface area contributed by atoms with E-state index in [-0.39, 0.29) is 11.9 Å². The molecule has 0 aliphatic rings. The molecule has 2 nitrogen and oxygen atoms in total. The summed E-state index contributed by atoms with van der Waals surface area (Å²) in [5, 5.41) is 3.75. The molecule has 0 aliphatic heterocycles. The Kier molecular flexibility index (Phi) is 3.72. The first-order valence-electron chi connectivity index (χ1n) is 5.64. The van der Waals surface area contributed by atoms with Crippen LogP contribution in [0.25, 0.3) is 0 Å². The van der Waals surface area contributed by atoms with Crippen LogP contribution in [0.15, 0.2) is 42.5 Å². The minimum absolute atomic E-state index is 0.0806. The Bertz CT molecular complexity index is 537. The van der Waals surface area contributed by atoms with Crippen LogP contribution in [-0.4, -0.2) is 0 Å². The normalized spacial score (nSPS) is 12.2. The number of para-hydroxylation sites is 1. The Balaban J connectivity index is 2.24. The number of nitrogens with two attached hydrogens (primary N) is 1. The SMILES string of the molecule is CC(Nc1c(N)cccc1Cl)c1cccc(F)c1. The molecule has 94 valence electrons. The fourth-order valence-electron chi connectivity index (χ4n) is 1.77. The van der Waals surface area contributed by atoms with Gasteiger partial charge in [-0.1, -0.05) is 29.8 Å². The van der Waals surface area contributed by atoms with Crippen molar-refractivity contribution in [3.8, 4) is 0 Å². The van der Waals surface area contributed by atoms with E-state index < -0.39 is 0 Å². The van der Waals surface area contributed by atoms with Gasteiger partial charge in [0, 0.05) is 6.04 Å². The van der Waals surface area contributed by atoms with Gasteiger partial charge in [0.25, 0.3) is 0 Å². The minimum atomic E-state index is -0.256. The Morgan fingerprint density at radius 1 is 1.22 bits per heavy atom. The highest BCUT2D eigenvalue weighted by molar-refractivity contribution is 6.33. The monoisotopic (exact) mass is 264 g/mol. The third kappa shape index (κ3) is 2.74. The highest BCUT2D eigenvalue weighted by Gasteiger charge is 2.10. The van der Waals surface area contributed by atoms with Crippen molar-refractivity contribution in [1.29, 1.82) is 0 Å². The van der Waals surface area contributed by atoms with Crippen molar-refractivity contribution in [2.45, 2.75) is 13.0 Å². The zero-order valence-electron chi connectivity index (χ0n) is 9.95. The fraction of sp³-hybridized carbons (Fsp3) is 0.143. The first-order chi connectivity index (χ1) is 8.58. The topological polar surface area (TPSA) is 38.0 Å². The highest BCUT2D eigenvalue weighted by atomic mass is 35.5. The van der Waals surface area contributed by atoms with E-state index in [0.29, 0.717) is 16.4 Å². The van der Waals surface area contributed by atoms with Gasteiger partial charge in [0.15, 0.2) is 0 Å². The summed E-state index contributed by atoms with van der Waals surface area (Å²) in [5.41, 5.74) is 7.95. The van der Waals surface area contributed by atoms with Crippen LogP contribution >= 0.6 is 11.6 Å². The summed E-state index contributed by atoms with van der Waals surface area (Å²) >= 11 is 6.08. The Morgan fingerprint density at radius 3 is 2.61 bits per heavy atom. The maximum atomic E-state index is 13.1. The molecule has 0 heterocycles. The third-order valence-corrected chi connectivity index (χ3v) is 3.07. The maximum Gasteiger partial charge on any atom is 0.123 e. The number of benzene rings is 2. The number of rotatable bonds is 3. The van der Waals surface area contributed by atoms with Gasteiger partial charge in [0.05, 0.1) is 16.4 Å². The average molecular weight is 265 g/mol. The van der Waals surface area contributed by atoms with Gasteiger partial charge in [-0.3, -0.25) is 0 Å². The van der Waals surface area contributed by atoms with E-state index >= 15 is 0 Å². The summed E-state index contributed by atoms with van der Waals surface area (Å²) < 4.78 is 13.1. The summed E-state index contributed by atoms with van der Waals surface area (Å²) in [7, 11) is 0. The van der Waals surface area contributed by atoms with E-state index in [1.54, 1.807) is 24.3 Å². The van der Waals surface area contributed by atoms with Gasteiger partial charge in [-0.05, 0) is 36.8 Å². The Labute approximate surface area is 111 Å². The number of anilines is 2. The van der Waals surface area contributed by atoms with Crippen molar-refractivity contribution in [3.05, 3.63) is 58.9 Å². The predicted molar refractivity (Wildman–Crippen MR) is 74.3 cm³/mol. The Hall–Kier alpha value is -1.74. The molecule has 0 bridgehead atoms. The number of halogens is 2. The summed E-state index contributed by atoms with van der Waals surface area (Å²) in [6.07, 6.45) is 0. The van der Waals surface area contributed by atoms with Crippen LogP contribution in [0.4, 0.5) is 15.8 Å². The lowest BCUT2D eigenvalue weighted by Crippen LogP contribution is -2.09. The van der Waals surface area contributed by atoms with E-state index in [2.05, 4.69) is 5.32 Å². The molecule has 0 amide bonds. The lowest BCUT2D eigenvalue weighted by atomic mass is 10.1. The lowest BCUT2D eigenvalue weighted by Gasteiger charge is -2.18. The summed E-state index contributed by atoms with van der Waals surface area (Å²) in [6.45, 7) is 1.93. The van der Waals surface area contributed by atoms with Crippen LogP contribution in [0.3, 0.4) is 0 Å². The second kappa shape index (κ2) is 5.27. The van der Waals surface area contributed by atoms with Crippen molar-refractivity contribution in [1.82, 2.24) is 0 Å².